The van der Waals surface area contributed by atoms with Gasteiger partial charge in [0.15, 0.2) is 5.75 Å². The Hall–Kier alpha value is -1.94. The van der Waals surface area contributed by atoms with E-state index in [4.69, 9.17) is 16.3 Å². The molecule has 1 aromatic carbocycles. The van der Waals surface area contributed by atoms with E-state index in [0.29, 0.717) is 10.8 Å². The first kappa shape index (κ1) is 11.2. The number of fused-ring (bicyclic) bond motifs is 3. The minimum atomic E-state index is 0.590. The Morgan fingerprint density at radius 1 is 1.39 bits per heavy atom. The zero-order chi connectivity index (χ0) is 12.7. The van der Waals surface area contributed by atoms with Gasteiger partial charge in [-0.3, -0.25) is 4.98 Å². The average molecular weight is 262 g/mol. The molecule has 0 aliphatic rings. The van der Waals surface area contributed by atoms with Crippen LogP contribution in [0.3, 0.4) is 0 Å². The molecule has 0 saturated heterocycles. The van der Waals surface area contributed by atoms with Gasteiger partial charge in [0.25, 0.3) is 0 Å². The summed E-state index contributed by atoms with van der Waals surface area (Å²) in [7, 11) is 3.45. The third-order valence-electron chi connectivity index (χ3n) is 3.06. The number of hydrogen-bond donors (Lipinski definition) is 2. The molecule has 2 heterocycles. The van der Waals surface area contributed by atoms with Crippen LogP contribution < -0.4 is 10.1 Å². The molecule has 0 saturated carbocycles. The van der Waals surface area contributed by atoms with Crippen LogP contribution in [0.25, 0.3) is 21.8 Å². The van der Waals surface area contributed by atoms with Crippen molar-refractivity contribution in [3.8, 4) is 5.75 Å². The predicted molar refractivity (Wildman–Crippen MR) is 74.7 cm³/mol. The second-order valence-corrected chi connectivity index (χ2v) is 4.39. The Morgan fingerprint density at radius 2 is 2.22 bits per heavy atom. The molecule has 0 spiro atoms. The first-order chi connectivity index (χ1) is 8.76. The SMILES string of the molecule is CNc1c(OC)c(Cl)cc2c1[nH]c1cnccc12. The fraction of sp³-hybridized carbons (Fsp3) is 0.154. The van der Waals surface area contributed by atoms with Crippen LogP contribution in [0.1, 0.15) is 0 Å². The largest absolute Gasteiger partial charge is 0.493 e. The first-order valence-electron chi connectivity index (χ1n) is 5.56. The van der Waals surface area contributed by atoms with E-state index < -0.39 is 0 Å². The van der Waals surface area contributed by atoms with E-state index in [1.54, 1.807) is 19.5 Å². The third-order valence-corrected chi connectivity index (χ3v) is 3.34. The predicted octanol–water partition coefficient (Wildman–Crippen LogP) is 3.42. The number of pyridine rings is 1. The molecule has 0 fully saturated rings. The lowest BCUT2D eigenvalue weighted by Gasteiger charge is -2.11. The summed E-state index contributed by atoms with van der Waals surface area (Å²) in [6, 6.07) is 3.88. The normalized spacial score (nSPS) is 11.1. The van der Waals surface area contributed by atoms with Gasteiger partial charge >= 0.3 is 0 Å². The lowest BCUT2D eigenvalue weighted by atomic mass is 10.1. The molecular weight excluding hydrogens is 250 g/mol. The molecule has 0 aliphatic carbocycles. The minimum Gasteiger partial charge on any atom is -0.493 e. The van der Waals surface area contributed by atoms with E-state index in [9.17, 15) is 0 Å². The quantitative estimate of drug-likeness (QED) is 0.743. The van der Waals surface area contributed by atoms with Crippen molar-refractivity contribution in [1.29, 1.82) is 0 Å². The summed E-state index contributed by atoms with van der Waals surface area (Å²) < 4.78 is 5.34. The lowest BCUT2D eigenvalue weighted by molar-refractivity contribution is 0.417. The molecule has 0 radical (unpaired) electrons. The molecule has 2 N–H and O–H groups in total. The summed E-state index contributed by atoms with van der Waals surface area (Å²) in [5.74, 6) is 0.645. The molecule has 4 nitrogen and oxygen atoms in total. The Balaban J connectivity index is 2.51. The number of nitrogens with zero attached hydrogens (tertiary/aromatic N) is 1. The molecule has 3 rings (SSSR count). The van der Waals surface area contributed by atoms with Crippen LogP contribution in [0.2, 0.25) is 5.02 Å². The Morgan fingerprint density at radius 3 is 2.94 bits per heavy atom. The van der Waals surface area contributed by atoms with E-state index in [2.05, 4.69) is 15.3 Å². The molecule has 92 valence electrons. The number of anilines is 1. The molecular formula is C13H12ClN3O. The van der Waals surface area contributed by atoms with Gasteiger partial charge in [-0.2, -0.15) is 0 Å². The van der Waals surface area contributed by atoms with Gasteiger partial charge in [-0.15, -0.1) is 0 Å². The van der Waals surface area contributed by atoms with E-state index >= 15 is 0 Å². The van der Waals surface area contributed by atoms with Crippen molar-refractivity contribution in [3.05, 3.63) is 29.5 Å². The number of ether oxygens (including phenoxy) is 1. The molecule has 0 atom stereocenters. The van der Waals surface area contributed by atoms with Gasteiger partial charge in [0.1, 0.15) is 5.69 Å². The van der Waals surface area contributed by atoms with E-state index in [-0.39, 0.29) is 0 Å². The second-order valence-electron chi connectivity index (χ2n) is 3.99. The summed E-state index contributed by atoms with van der Waals surface area (Å²) in [6.45, 7) is 0. The molecule has 0 amide bonds. The average Bonchev–Trinajstić information content (AvgIpc) is 2.75. The lowest BCUT2D eigenvalue weighted by Crippen LogP contribution is -1.95. The number of halogens is 1. The fourth-order valence-corrected chi connectivity index (χ4v) is 2.56. The van der Waals surface area contributed by atoms with Gasteiger partial charge in [-0.1, -0.05) is 11.6 Å². The molecule has 0 unspecified atom stereocenters. The number of hydrogen-bond acceptors (Lipinski definition) is 3. The van der Waals surface area contributed by atoms with Crippen LogP contribution in [0.5, 0.6) is 5.75 Å². The standard InChI is InChI=1S/C13H12ClN3O/c1-15-12-11-8(5-9(14)13(12)18-2)7-3-4-16-6-10(7)17-11/h3-6,15,17H,1-2H3. The van der Waals surface area contributed by atoms with Gasteiger partial charge in [-0.25, -0.2) is 0 Å². The molecule has 0 bridgehead atoms. The van der Waals surface area contributed by atoms with Crippen LogP contribution in [0, 0.1) is 0 Å². The van der Waals surface area contributed by atoms with E-state index in [0.717, 1.165) is 27.5 Å². The fourth-order valence-electron chi connectivity index (χ4n) is 2.28. The summed E-state index contributed by atoms with van der Waals surface area (Å²) in [5.41, 5.74) is 2.81. The number of nitrogens with one attached hydrogen (secondary N) is 2. The molecule has 18 heavy (non-hydrogen) atoms. The van der Waals surface area contributed by atoms with Crippen LogP contribution in [0.15, 0.2) is 24.5 Å². The summed E-state index contributed by atoms with van der Waals surface area (Å²) in [5, 5.41) is 5.88. The van der Waals surface area contributed by atoms with Gasteiger partial charge in [0.05, 0.1) is 29.4 Å². The number of H-pyrrole nitrogens is 1. The monoisotopic (exact) mass is 261 g/mol. The summed E-state index contributed by atoms with van der Waals surface area (Å²) in [4.78, 5) is 7.45. The van der Waals surface area contributed by atoms with E-state index in [1.807, 2.05) is 19.2 Å². The molecule has 2 aromatic heterocycles. The smallest absolute Gasteiger partial charge is 0.162 e. The minimum absolute atomic E-state index is 0.590. The van der Waals surface area contributed by atoms with Crippen molar-refractivity contribution >= 4 is 39.1 Å². The van der Waals surface area contributed by atoms with Crippen molar-refractivity contribution in [2.75, 3.05) is 19.5 Å². The topological polar surface area (TPSA) is 49.9 Å². The third kappa shape index (κ3) is 1.42. The highest BCUT2D eigenvalue weighted by Gasteiger charge is 2.15. The summed E-state index contributed by atoms with van der Waals surface area (Å²) >= 11 is 6.25. The molecule has 5 heteroatoms. The van der Waals surface area contributed by atoms with Crippen molar-refractivity contribution in [1.82, 2.24) is 9.97 Å². The highest BCUT2D eigenvalue weighted by molar-refractivity contribution is 6.34. The summed E-state index contributed by atoms with van der Waals surface area (Å²) in [6.07, 6.45) is 3.57. The molecule has 3 aromatic rings. The zero-order valence-corrected chi connectivity index (χ0v) is 10.8. The van der Waals surface area contributed by atoms with Crippen molar-refractivity contribution in [2.24, 2.45) is 0 Å². The number of methoxy groups -OCH3 is 1. The van der Waals surface area contributed by atoms with Crippen molar-refractivity contribution in [3.63, 3.8) is 0 Å². The van der Waals surface area contributed by atoms with Crippen LogP contribution >= 0.6 is 11.6 Å². The Bertz CT molecular complexity index is 736. The van der Waals surface area contributed by atoms with Gasteiger partial charge in [0, 0.05) is 24.0 Å². The maximum Gasteiger partial charge on any atom is 0.162 e. The Kier molecular flexibility index (Phi) is 2.52. The van der Waals surface area contributed by atoms with Crippen molar-refractivity contribution < 1.29 is 4.74 Å². The van der Waals surface area contributed by atoms with Crippen LogP contribution in [0.4, 0.5) is 5.69 Å². The van der Waals surface area contributed by atoms with Crippen LogP contribution in [-0.2, 0) is 0 Å². The molecule has 0 aliphatic heterocycles. The maximum absolute atomic E-state index is 6.25. The maximum atomic E-state index is 6.25. The van der Waals surface area contributed by atoms with Crippen LogP contribution in [-0.4, -0.2) is 24.1 Å². The zero-order valence-electron chi connectivity index (χ0n) is 10.0. The number of rotatable bonds is 2. The highest BCUT2D eigenvalue weighted by atomic mass is 35.5. The van der Waals surface area contributed by atoms with E-state index in [1.165, 1.54) is 0 Å². The highest BCUT2D eigenvalue weighted by Crippen LogP contribution is 2.41. The Labute approximate surface area is 109 Å². The first-order valence-corrected chi connectivity index (χ1v) is 5.93. The van der Waals surface area contributed by atoms with Gasteiger partial charge in [-0.05, 0) is 12.1 Å². The van der Waals surface area contributed by atoms with Gasteiger partial charge in [0.2, 0.25) is 0 Å². The number of benzene rings is 1. The van der Waals surface area contributed by atoms with Gasteiger partial charge < -0.3 is 15.0 Å². The number of aromatic amines is 1. The number of aromatic nitrogens is 2. The van der Waals surface area contributed by atoms with Crippen molar-refractivity contribution in [2.45, 2.75) is 0 Å². The second kappa shape index (κ2) is 4.07.